The molecule has 1 N–H and O–H groups in total. The largest absolute Gasteiger partial charge is 0.437 e. The van der Waals surface area contributed by atoms with Crippen LogP contribution in [0, 0.1) is 6.92 Å². The highest BCUT2D eigenvalue weighted by Crippen LogP contribution is 2.35. The van der Waals surface area contributed by atoms with E-state index >= 15 is 0 Å². The number of rotatable bonds is 5. The molecule has 0 saturated heterocycles. The normalized spacial score (nSPS) is 10.5. The summed E-state index contributed by atoms with van der Waals surface area (Å²) in [5.74, 6) is 2.46. The van der Waals surface area contributed by atoms with Gasteiger partial charge in [-0.05, 0) is 26.0 Å². The van der Waals surface area contributed by atoms with Gasteiger partial charge in [-0.1, -0.05) is 36.2 Å². The average Bonchev–Trinajstić information content (AvgIpc) is 2.48. The van der Waals surface area contributed by atoms with Crippen LogP contribution in [0.15, 0.2) is 18.2 Å². The predicted molar refractivity (Wildman–Crippen MR) is 86.8 cm³/mol. The first-order valence-corrected chi connectivity index (χ1v) is 7.55. The fourth-order valence-corrected chi connectivity index (χ4v) is 2.13. The zero-order chi connectivity index (χ0) is 15.4. The third kappa shape index (κ3) is 3.57. The van der Waals surface area contributed by atoms with Crippen molar-refractivity contribution in [1.29, 1.82) is 0 Å². The molecule has 0 spiro atoms. The monoisotopic (exact) mass is 325 g/mol. The third-order valence-electron chi connectivity index (χ3n) is 2.93. The molecule has 1 heterocycles. The van der Waals surface area contributed by atoms with Crippen LogP contribution in [0.2, 0.25) is 10.0 Å². The number of nitrogens with zero attached hydrogens (tertiary/aromatic N) is 2. The SMILES string of the molecule is CCNc1nc(CC)nc(Oc2cccc(Cl)c2Cl)c1C. The van der Waals surface area contributed by atoms with Crippen LogP contribution in [-0.2, 0) is 6.42 Å². The molecule has 112 valence electrons. The lowest BCUT2D eigenvalue weighted by molar-refractivity contribution is 0.455. The molecule has 6 heteroatoms. The van der Waals surface area contributed by atoms with Gasteiger partial charge in [-0.25, -0.2) is 4.98 Å². The van der Waals surface area contributed by atoms with E-state index in [2.05, 4.69) is 15.3 Å². The maximum absolute atomic E-state index is 6.15. The van der Waals surface area contributed by atoms with Crippen LogP contribution in [-0.4, -0.2) is 16.5 Å². The van der Waals surface area contributed by atoms with E-state index in [0.717, 1.165) is 24.3 Å². The molecule has 1 aromatic carbocycles. The second-order valence-corrected chi connectivity index (χ2v) is 5.24. The van der Waals surface area contributed by atoms with Crippen molar-refractivity contribution in [3.63, 3.8) is 0 Å². The van der Waals surface area contributed by atoms with Gasteiger partial charge in [0.2, 0.25) is 5.88 Å². The fourth-order valence-electron chi connectivity index (χ4n) is 1.80. The first-order chi connectivity index (χ1) is 10.1. The molecular weight excluding hydrogens is 309 g/mol. The van der Waals surface area contributed by atoms with E-state index in [1.165, 1.54) is 0 Å². The maximum Gasteiger partial charge on any atom is 0.227 e. The predicted octanol–water partition coefficient (Wildman–Crippen LogP) is 4.88. The Morgan fingerprint density at radius 1 is 1.19 bits per heavy atom. The number of halogens is 2. The van der Waals surface area contributed by atoms with Gasteiger partial charge < -0.3 is 10.1 Å². The molecule has 21 heavy (non-hydrogen) atoms. The number of aryl methyl sites for hydroxylation is 1. The lowest BCUT2D eigenvalue weighted by Gasteiger charge is -2.14. The van der Waals surface area contributed by atoms with Crippen molar-refractivity contribution < 1.29 is 4.74 Å². The number of aromatic nitrogens is 2. The summed E-state index contributed by atoms with van der Waals surface area (Å²) in [6, 6.07) is 5.26. The molecule has 0 aliphatic heterocycles. The molecule has 4 nitrogen and oxygen atoms in total. The van der Waals surface area contributed by atoms with Gasteiger partial charge in [0, 0.05) is 13.0 Å². The van der Waals surface area contributed by atoms with Crippen LogP contribution in [0.3, 0.4) is 0 Å². The molecule has 2 aromatic rings. The van der Waals surface area contributed by atoms with Crippen molar-refractivity contribution >= 4 is 29.0 Å². The molecule has 0 aliphatic carbocycles. The summed E-state index contributed by atoms with van der Waals surface area (Å²) in [4.78, 5) is 8.89. The topological polar surface area (TPSA) is 47.0 Å². The number of hydrogen-bond donors (Lipinski definition) is 1. The first kappa shape index (κ1) is 15.9. The Bertz CT molecular complexity index is 647. The second-order valence-electron chi connectivity index (χ2n) is 4.46. The number of anilines is 1. The minimum Gasteiger partial charge on any atom is -0.437 e. The van der Waals surface area contributed by atoms with Gasteiger partial charge in [0.1, 0.15) is 22.4 Å². The molecule has 0 saturated carbocycles. The fraction of sp³-hybridized carbons (Fsp3) is 0.333. The van der Waals surface area contributed by atoms with E-state index in [0.29, 0.717) is 27.5 Å². The smallest absolute Gasteiger partial charge is 0.227 e. The van der Waals surface area contributed by atoms with Gasteiger partial charge in [0.25, 0.3) is 0 Å². The van der Waals surface area contributed by atoms with E-state index in [4.69, 9.17) is 27.9 Å². The average molecular weight is 326 g/mol. The molecule has 0 unspecified atom stereocenters. The summed E-state index contributed by atoms with van der Waals surface area (Å²) in [5.41, 5.74) is 0.838. The van der Waals surface area contributed by atoms with E-state index in [1.807, 2.05) is 20.8 Å². The highest BCUT2D eigenvalue weighted by atomic mass is 35.5. The van der Waals surface area contributed by atoms with Gasteiger partial charge in [-0.3, -0.25) is 0 Å². The molecule has 0 bridgehead atoms. The summed E-state index contributed by atoms with van der Waals surface area (Å²) in [6.45, 7) is 6.70. The number of benzene rings is 1. The molecule has 1 aromatic heterocycles. The van der Waals surface area contributed by atoms with Gasteiger partial charge in [-0.2, -0.15) is 4.98 Å². The Labute approximate surface area is 134 Å². The Kier molecular flexibility index (Phi) is 5.26. The Morgan fingerprint density at radius 3 is 2.62 bits per heavy atom. The van der Waals surface area contributed by atoms with E-state index < -0.39 is 0 Å². The Balaban J connectivity index is 2.43. The molecule has 2 rings (SSSR count). The van der Waals surface area contributed by atoms with Crippen LogP contribution in [0.4, 0.5) is 5.82 Å². The van der Waals surface area contributed by atoms with Crippen LogP contribution >= 0.6 is 23.2 Å². The maximum atomic E-state index is 6.15. The van der Waals surface area contributed by atoms with Gasteiger partial charge in [-0.15, -0.1) is 0 Å². The first-order valence-electron chi connectivity index (χ1n) is 6.80. The summed E-state index contributed by atoms with van der Waals surface area (Å²) >= 11 is 12.2. The lowest BCUT2D eigenvalue weighted by atomic mass is 10.3. The summed E-state index contributed by atoms with van der Waals surface area (Å²) in [7, 11) is 0. The molecule has 0 atom stereocenters. The molecule has 0 amide bonds. The lowest BCUT2D eigenvalue weighted by Crippen LogP contribution is -2.07. The Morgan fingerprint density at radius 2 is 1.95 bits per heavy atom. The van der Waals surface area contributed by atoms with Crippen molar-refractivity contribution in [2.24, 2.45) is 0 Å². The number of nitrogens with one attached hydrogen (secondary N) is 1. The standard InChI is InChI=1S/C15H17Cl2N3O/c1-4-12-19-14(18-5-2)9(3)15(20-12)21-11-8-6-7-10(16)13(11)17/h6-8H,4-5H2,1-3H3,(H,18,19,20). The third-order valence-corrected chi connectivity index (χ3v) is 3.73. The van der Waals surface area contributed by atoms with E-state index in [-0.39, 0.29) is 0 Å². The highest BCUT2D eigenvalue weighted by Gasteiger charge is 2.14. The van der Waals surface area contributed by atoms with Crippen molar-refractivity contribution in [3.8, 4) is 11.6 Å². The van der Waals surface area contributed by atoms with Crippen molar-refractivity contribution in [1.82, 2.24) is 9.97 Å². The Hall–Kier alpha value is -1.52. The summed E-state index contributed by atoms with van der Waals surface area (Å²) < 4.78 is 5.84. The number of ether oxygens (including phenoxy) is 1. The number of hydrogen-bond acceptors (Lipinski definition) is 4. The van der Waals surface area contributed by atoms with Gasteiger partial charge in [0.15, 0.2) is 0 Å². The second kappa shape index (κ2) is 6.96. The van der Waals surface area contributed by atoms with Crippen molar-refractivity contribution in [2.45, 2.75) is 27.2 Å². The highest BCUT2D eigenvalue weighted by molar-refractivity contribution is 6.42. The molecule has 0 aliphatic rings. The van der Waals surface area contributed by atoms with Gasteiger partial charge >= 0.3 is 0 Å². The van der Waals surface area contributed by atoms with Gasteiger partial charge in [0.05, 0.1) is 10.6 Å². The zero-order valence-corrected chi connectivity index (χ0v) is 13.7. The van der Waals surface area contributed by atoms with Crippen LogP contribution in [0.25, 0.3) is 0 Å². The molecular formula is C15H17Cl2N3O. The van der Waals surface area contributed by atoms with Crippen LogP contribution < -0.4 is 10.1 Å². The minimum atomic E-state index is 0.375. The van der Waals surface area contributed by atoms with Crippen molar-refractivity contribution in [2.75, 3.05) is 11.9 Å². The van der Waals surface area contributed by atoms with Crippen molar-refractivity contribution in [3.05, 3.63) is 39.6 Å². The zero-order valence-electron chi connectivity index (χ0n) is 12.2. The van der Waals surface area contributed by atoms with E-state index in [1.54, 1.807) is 18.2 Å². The summed E-state index contributed by atoms with van der Waals surface area (Å²) in [6.07, 6.45) is 0.721. The summed E-state index contributed by atoms with van der Waals surface area (Å²) in [5, 5.41) is 4.04. The molecule has 0 radical (unpaired) electrons. The quantitative estimate of drug-likeness (QED) is 0.851. The van der Waals surface area contributed by atoms with E-state index in [9.17, 15) is 0 Å². The molecule has 0 fully saturated rings. The van der Waals surface area contributed by atoms with Crippen LogP contribution in [0.1, 0.15) is 25.2 Å². The van der Waals surface area contributed by atoms with Crippen LogP contribution in [0.5, 0.6) is 11.6 Å². The minimum absolute atomic E-state index is 0.375.